The fraction of sp³-hybridized carbons (Fsp3) is 0.222. The van der Waals surface area contributed by atoms with E-state index in [1.54, 1.807) is 5.38 Å². The van der Waals surface area contributed by atoms with Gasteiger partial charge in [0.25, 0.3) is 0 Å². The Morgan fingerprint density at radius 3 is 2.92 bits per heavy atom. The predicted molar refractivity (Wildman–Crippen MR) is 49.9 cm³/mol. The number of hydrogen-bond acceptors (Lipinski definition) is 3. The number of aliphatic hydroxyl groups excluding tert-OH is 1. The number of carbonyl (C=O) groups is 1. The summed E-state index contributed by atoms with van der Waals surface area (Å²) >= 11 is 1.29. The van der Waals surface area contributed by atoms with Crippen molar-refractivity contribution >= 4 is 17.3 Å². The Hall–Kier alpha value is -1.31. The third kappa shape index (κ3) is 2.90. The first kappa shape index (κ1) is 9.78. The van der Waals surface area contributed by atoms with Crippen molar-refractivity contribution in [1.29, 1.82) is 0 Å². The lowest BCUT2D eigenvalue weighted by atomic mass is 10.3. The van der Waals surface area contributed by atoms with Crippen LogP contribution in [0.2, 0.25) is 0 Å². The van der Waals surface area contributed by atoms with Crippen molar-refractivity contribution in [3.05, 3.63) is 21.9 Å². The first-order chi connectivity index (χ1) is 6.24. The van der Waals surface area contributed by atoms with Gasteiger partial charge in [0.05, 0.1) is 17.0 Å². The summed E-state index contributed by atoms with van der Waals surface area (Å²) in [6, 6.07) is 1.53. The molecule has 0 aliphatic heterocycles. The highest BCUT2D eigenvalue weighted by atomic mass is 32.1. The molecular formula is C9H8O3S. The van der Waals surface area contributed by atoms with Crippen molar-refractivity contribution in [3.63, 3.8) is 0 Å². The molecule has 1 heterocycles. The number of carboxylic acids is 1. The van der Waals surface area contributed by atoms with E-state index in [4.69, 9.17) is 10.2 Å². The van der Waals surface area contributed by atoms with Crippen molar-refractivity contribution < 1.29 is 15.0 Å². The minimum atomic E-state index is -0.938. The summed E-state index contributed by atoms with van der Waals surface area (Å²) in [5.74, 6) is 4.55. The maximum Gasteiger partial charge on any atom is 0.336 e. The van der Waals surface area contributed by atoms with Gasteiger partial charge in [-0.1, -0.05) is 11.8 Å². The number of thiophene rings is 1. The molecule has 0 aliphatic carbocycles. The molecule has 1 aromatic heterocycles. The van der Waals surface area contributed by atoms with Crippen LogP contribution < -0.4 is 0 Å². The van der Waals surface area contributed by atoms with E-state index >= 15 is 0 Å². The number of carboxylic acid groups (broad SMARTS) is 1. The Morgan fingerprint density at radius 1 is 1.62 bits per heavy atom. The second kappa shape index (κ2) is 4.65. The van der Waals surface area contributed by atoms with Crippen molar-refractivity contribution in [2.45, 2.75) is 6.42 Å². The smallest absolute Gasteiger partial charge is 0.336 e. The molecule has 0 saturated heterocycles. The van der Waals surface area contributed by atoms with Crippen LogP contribution in [0, 0.1) is 11.8 Å². The van der Waals surface area contributed by atoms with Crippen LogP contribution in [-0.2, 0) is 0 Å². The second-order valence-corrected chi connectivity index (χ2v) is 3.19. The van der Waals surface area contributed by atoms with Gasteiger partial charge in [0, 0.05) is 11.8 Å². The van der Waals surface area contributed by atoms with Gasteiger partial charge in [-0.15, -0.1) is 11.3 Å². The van der Waals surface area contributed by atoms with E-state index in [1.165, 1.54) is 17.4 Å². The largest absolute Gasteiger partial charge is 0.478 e. The number of hydrogen-bond donors (Lipinski definition) is 2. The molecule has 1 aromatic rings. The highest BCUT2D eigenvalue weighted by molar-refractivity contribution is 7.10. The summed E-state index contributed by atoms with van der Waals surface area (Å²) in [5.41, 5.74) is 0.262. The molecule has 0 saturated carbocycles. The molecule has 0 fully saturated rings. The standard InChI is InChI=1S/C9H8O3S/c10-4-2-1-3-8-5-7(6-13-8)9(11)12/h5-6,10H,2,4H2,(H,11,12). The molecule has 0 aromatic carbocycles. The Morgan fingerprint density at radius 2 is 2.38 bits per heavy atom. The predicted octanol–water partition coefficient (Wildman–Crippen LogP) is 1.18. The molecule has 0 bridgehead atoms. The van der Waals surface area contributed by atoms with Gasteiger partial charge in [-0.2, -0.15) is 0 Å². The van der Waals surface area contributed by atoms with Crippen LogP contribution in [0.1, 0.15) is 21.7 Å². The van der Waals surface area contributed by atoms with Gasteiger partial charge in [0.2, 0.25) is 0 Å². The first-order valence-electron chi connectivity index (χ1n) is 3.65. The average molecular weight is 196 g/mol. The molecule has 0 spiro atoms. The quantitative estimate of drug-likeness (QED) is 0.698. The molecule has 0 radical (unpaired) electrons. The van der Waals surface area contributed by atoms with Crippen molar-refractivity contribution in [2.24, 2.45) is 0 Å². The zero-order valence-corrected chi connectivity index (χ0v) is 7.60. The number of aliphatic hydroxyl groups is 1. The van der Waals surface area contributed by atoms with Crippen LogP contribution >= 0.6 is 11.3 Å². The molecule has 13 heavy (non-hydrogen) atoms. The van der Waals surface area contributed by atoms with E-state index in [-0.39, 0.29) is 12.2 Å². The van der Waals surface area contributed by atoms with Crippen LogP contribution in [0.4, 0.5) is 0 Å². The summed E-state index contributed by atoms with van der Waals surface area (Å²) in [6.45, 7) is 0.0319. The lowest BCUT2D eigenvalue weighted by Crippen LogP contribution is -1.91. The Balaban J connectivity index is 2.71. The first-order valence-corrected chi connectivity index (χ1v) is 4.53. The summed E-state index contributed by atoms with van der Waals surface area (Å²) < 4.78 is 0. The third-order valence-electron chi connectivity index (χ3n) is 1.29. The van der Waals surface area contributed by atoms with Crippen LogP contribution in [-0.4, -0.2) is 22.8 Å². The molecule has 4 heteroatoms. The van der Waals surface area contributed by atoms with Crippen molar-refractivity contribution in [2.75, 3.05) is 6.61 Å². The Bertz CT molecular complexity index is 356. The van der Waals surface area contributed by atoms with E-state index < -0.39 is 5.97 Å². The summed E-state index contributed by atoms with van der Waals surface area (Å²) in [5, 5.41) is 18.6. The van der Waals surface area contributed by atoms with Gasteiger partial charge in [-0.05, 0) is 6.07 Å². The Labute approximate surface area is 79.6 Å². The van der Waals surface area contributed by atoms with Crippen LogP contribution in [0.3, 0.4) is 0 Å². The second-order valence-electron chi connectivity index (χ2n) is 2.28. The van der Waals surface area contributed by atoms with Crippen molar-refractivity contribution in [1.82, 2.24) is 0 Å². The normalized spacial score (nSPS) is 9.00. The van der Waals surface area contributed by atoms with Gasteiger partial charge >= 0.3 is 5.97 Å². The van der Waals surface area contributed by atoms with Crippen molar-refractivity contribution in [3.8, 4) is 11.8 Å². The fourth-order valence-corrected chi connectivity index (χ4v) is 1.47. The Kier molecular flexibility index (Phi) is 3.50. The highest BCUT2D eigenvalue weighted by Gasteiger charge is 2.03. The van der Waals surface area contributed by atoms with Gasteiger partial charge in [0.15, 0.2) is 0 Å². The van der Waals surface area contributed by atoms with E-state index in [0.29, 0.717) is 11.3 Å². The lowest BCUT2D eigenvalue weighted by Gasteiger charge is -1.81. The molecule has 0 amide bonds. The van der Waals surface area contributed by atoms with Gasteiger partial charge in [0.1, 0.15) is 0 Å². The molecule has 68 valence electrons. The van der Waals surface area contributed by atoms with Crippen LogP contribution in [0.5, 0.6) is 0 Å². The monoisotopic (exact) mass is 196 g/mol. The molecule has 0 atom stereocenters. The molecule has 2 N–H and O–H groups in total. The maximum absolute atomic E-state index is 10.5. The number of aromatic carboxylic acids is 1. The molecule has 3 nitrogen and oxygen atoms in total. The SMILES string of the molecule is O=C(O)c1csc(C#CCCO)c1. The van der Waals surface area contributed by atoms with E-state index in [0.717, 1.165) is 0 Å². The van der Waals surface area contributed by atoms with Gasteiger partial charge < -0.3 is 10.2 Å². The third-order valence-corrected chi connectivity index (χ3v) is 2.14. The lowest BCUT2D eigenvalue weighted by molar-refractivity contribution is 0.0697. The maximum atomic E-state index is 10.5. The minimum absolute atomic E-state index is 0.0319. The average Bonchev–Trinajstić information content (AvgIpc) is 2.53. The molecule has 0 unspecified atom stereocenters. The minimum Gasteiger partial charge on any atom is -0.478 e. The van der Waals surface area contributed by atoms with Crippen LogP contribution in [0.25, 0.3) is 0 Å². The zero-order valence-electron chi connectivity index (χ0n) is 6.78. The summed E-state index contributed by atoms with van der Waals surface area (Å²) in [4.78, 5) is 11.2. The highest BCUT2D eigenvalue weighted by Crippen LogP contribution is 2.13. The topological polar surface area (TPSA) is 57.5 Å². The van der Waals surface area contributed by atoms with E-state index in [9.17, 15) is 4.79 Å². The fourth-order valence-electron chi connectivity index (χ4n) is 0.719. The van der Waals surface area contributed by atoms with E-state index in [1.807, 2.05) is 0 Å². The van der Waals surface area contributed by atoms with Crippen LogP contribution in [0.15, 0.2) is 11.4 Å². The summed E-state index contributed by atoms with van der Waals surface area (Å²) in [7, 11) is 0. The zero-order chi connectivity index (χ0) is 9.68. The molecule has 1 rings (SSSR count). The molecular weight excluding hydrogens is 188 g/mol. The van der Waals surface area contributed by atoms with E-state index in [2.05, 4.69) is 11.8 Å². The summed E-state index contributed by atoms with van der Waals surface area (Å²) in [6.07, 6.45) is 0.417. The number of rotatable bonds is 2. The molecule has 0 aliphatic rings. The van der Waals surface area contributed by atoms with Gasteiger partial charge in [-0.3, -0.25) is 0 Å². The van der Waals surface area contributed by atoms with Gasteiger partial charge in [-0.25, -0.2) is 4.79 Å².